The SMILES string of the molecule is C=CCN(CC=C)S(=O)(=O)c1cc(CN)c(C)cc1C. The first-order valence-corrected chi connectivity index (χ1v) is 7.84. The maximum Gasteiger partial charge on any atom is 0.243 e. The third-order valence-electron chi connectivity index (χ3n) is 3.14. The molecule has 0 unspecified atom stereocenters. The molecule has 0 aromatic heterocycles. The van der Waals surface area contributed by atoms with Crippen molar-refractivity contribution in [1.29, 1.82) is 0 Å². The van der Waals surface area contributed by atoms with Crippen LogP contribution >= 0.6 is 0 Å². The number of nitrogens with two attached hydrogens (primary N) is 1. The molecule has 0 fully saturated rings. The van der Waals surface area contributed by atoms with E-state index in [0.717, 1.165) is 16.7 Å². The summed E-state index contributed by atoms with van der Waals surface area (Å²) in [5.41, 5.74) is 8.23. The zero-order valence-corrected chi connectivity index (χ0v) is 12.9. The number of rotatable bonds is 7. The molecule has 0 atom stereocenters. The topological polar surface area (TPSA) is 63.4 Å². The summed E-state index contributed by atoms with van der Waals surface area (Å²) in [5, 5.41) is 0. The van der Waals surface area contributed by atoms with Crippen molar-refractivity contribution in [2.75, 3.05) is 13.1 Å². The van der Waals surface area contributed by atoms with Crippen molar-refractivity contribution < 1.29 is 8.42 Å². The van der Waals surface area contributed by atoms with Gasteiger partial charge in [-0.1, -0.05) is 18.2 Å². The molecule has 1 aromatic rings. The van der Waals surface area contributed by atoms with Crippen molar-refractivity contribution >= 4 is 10.0 Å². The molecule has 1 aromatic carbocycles. The molecule has 0 spiro atoms. The van der Waals surface area contributed by atoms with Crippen LogP contribution in [-0.2, 0) is 16.6 Å². The predicted octanol–water partition coefficient (Wildman–Crippen LogP) is 2.12. The third-order valence-corrected chi connectivity index (χ3v) is 5.11. The van der Waals surface area contributed by atoms with Gasteiger partial charge in [-0.05, 0) is 36.6 Å². The molecule has 2 N–H and O–H groups in total. The van der Waals surface area contributed by atoms with E-state index in [1.54, 1.807) is 25.1 Å². The third kappa shape index (κ3) is 3.36. The first kappa shape index (κ1) is 16.6. The molecule has 0 aliphatic carbocycles. The maximum atomic E-state index is 12.7. The van der Waals surface area contributed by atoms with Crippen LogP contribution in [0.4, 0.5) is 0 Å². The molecular weight excluding hydrogens is 272 g/mol. The van der Waals surface area contributed by atoms with Crippen LogP contribution in [0.2, 0.25) is 0 Å². The fraction of sp³-hybridized carbons (Fsp3) is 0.333. The summed E-state index contributed by atoms with van der Waals surface area (Å²) >= 11 is 0. The average Bonchev–Trinajstić information content (AvgIpc) is 2.38. The molecule has 0 radical (unpaired) electrons. The Morgan fingerprint density at radius 1 is 1.15 bits per heavy atom. The van der Waals surface area contributed by atoms with Gasteiger partial charge in [-0.15, -0.1) is 13.2 Å². The molecule has 0 saturated carbocycles. The molecule has 0 aliphatic rings. The normalized spacial score (nSPS) is 11.6. The van der Waals surface area contributed by atoms with Crippen LogP contribution in [0.3, 0.4) is 0 Å². The van der Waals surface area contributed by atoms with E-state index in [4.69, 9.17) is 5.73 Å². The van der Waals surface area contributed by atoms with E-state index < -0.39 is 10.0 Å². The van der Waals surface area contributed by atoms with Crippen molar-refractivity contribution in [2.24, 2.45) is 5.73 Å². The van der Waals surface area contributed by atoms with Crippen LogP contribution in [0.5, 0.6) is 0 Å². The number of benzene rings is 1. The first-order chi connectivity index (χ1) is 9.38. The Kier molecular flexibility index (Phi) is 5.68. The molecule has 4 nitrogen and oxygen atoms in total. The summed E-state index contributed by atoms with van der Waals surface area (Å²) in [6.07, 6.45) is 3.13. The van der Waals surface area contributed by atoms with Crippen LogP contribution in [0.25, 0.3) is 0 Å². The molecule has 5 heteroatoms. The molecule has 0 heterocycles. The lowest BCUT2D eigenvalue weighted by Crippen LogP contribution is -2.32. The van der Waals surface area contributed by atoms with E-state index in [9.17, 15) is 8.42 Å². The Labute approximate surface area is 121 Å². The van der Waals surface area contributed by atoms with Gasteiger partial charge >= 0.3 is 0 Å². The van der Waals surface area contributed by atoms with Crippen molar-refractivity contribution in [3.05, 3.63) is 54.1 Å². The van der Waals surface area contributed by atoms with Crippen LogP contribution in [-0.4, -0.2) is 25.8 Å². The smallest absolute Gasteiger partial charge is 0.243 e. The van der Waals surface area contributed by atoms with Crippen molar-refractivity contribution in [3.8, 4) is 0 Å². The second-order valence-electron chi connectivity index (χ2n) is 4.65. The maximum absolute atomic E-state index is 12.7. The van der Waals surface area contributed by atoms with Crippen LogP contribution in [0.1, 0.15) is 16.7 Å². The van der Waals surface area contributed by atoms with Crippen LogP contribution in [0.15, 0.2) is 42.3 Å². The van der Waals surface area contributed by atoms with Gasteiger partial charge in [0.1, 0.15) is 0 Å². The minimum Gasteiger partial charge on any atom is -0.326 e. The standard InChI is InChI=1S/C15H22N2O2S/c1-5-7-17(8-6-2)20(18,19)15-10-14(11-16)12(3)9-13(15)4/h5-6,9-10H,1-2,7-8,11,16H2,3-4H3. The number of hydrogen-bond acceptors (Lipinski definition) is 3. The van der Waals surface area contributed by atoms with Gasteiger partial charge in [-0.25, -0.2) is 8.42 Å². The van der Waals surface area contributed by atoms with E-state index >= 15 is 0 Å². The van der Waals surface area contributed by atoms with Gasteiger partial charge in [0.2, 0.25) is 10.0 Å². The molecule has 0 saturated heterocycles. The lowest BCUT2D eigenvalue weighted by molar-refractivity contribution is 0.473. The van der Waals surface area contributed by atoms with E-state index in [1.807, 2.05) is 13.0 Å². The van der Waals surface area contributed by atoms with Gasteiger partial charge < -0.3 is 5.73 Å². The number of aryl methyl sites for hydroxylation is 2. The molecule has 110 valence electrons. The lowest BCUT2D eigenvalue weighted by Gasteiger charge is -2.21. The molecule has 0 bridgehead atoms. The Hall–Kier alpha value is -1.43. The fourth-order valence-electron chi connectivity index (χ4n) is 2.07. The zero-order valence-electron chi connectivity index (χ0n) is 12.1. The first-order valence-electron chi connectivity index (χ1n) is 6.40. The van der Waals surface area contributed by atoms with Crippen molar-refractivity contribution in [3.63, 3.8) is 0 Å². The minimum atomic E-state index is -3.57. The van der Waals surface area contributed by atoms with Crippen molar-refractivity contribution in [2.45, 2.75) is 25.3 Å². The highest BCUT2D eigenvalue weighted by Crippen LogP contribution is 2.23. The second kappa shape index (κ2) is 6.83. The van der Waals surface area contributed by atoms with Gasteiger partial charge in [0.05, 0.1) is 4.90 Å². The van der Waals surface area contributed by atoms with Gasteiger partial charge in [-0.3, -0.25) is 0 Å². The predicted molar refractivity (Wildman–Crippen MR) is 83.0 cm³/mol. The van der Waals surface area contributed by atoms with Gasteiger partial charge in [0, 0.05) is 19.6 Å². The quantitative estimate of drug-likeness (QED) is 0.784. The molecule has 20 heavy (non-hydrogen) atoms. The van der Waals surface area contributed by atoms with E-state index in [1.165, 1.54) is 4.31 Å². The number of hydrogen-bond donors (Lipinski definition) is 1. The summed E-state index contributed by atoms with van der Waals surface area (Å²) in [6.45, 7) is 11.7. The van der Waals surface area contributed by atoms with E-state index in [0.29, 0.717) is 11.4 Å². The highest BCUT2D eigenvalue weighted by molar-refractivity contribution is 7.89. The second-order valence-corrected chi connectivity index (χ2v) is 6.55. The minimum absolute atomic E-state index is 0.250. The van der Waals surface area contributed by atoms with Gasteiger partial charge in [-0.2, -0.15) is 4.31 Å². The molecule has 1 rings (SSSR count). The van der Waals surface area contributed by atoms with Crippen molar-refractivity contribution in [1.82, 2.24) is 4.31 Å². The van der Waals surface area contributed by atoms with Gasteiger partial charge in [0.15, 0.2) is 0 Å². The highest BCUT2D eigenvalue weighted by Gasteiger charge is 2.25. The Bertz CT molecular complexity index is 597. The Balaban J connectivity index is 3.39. The number of sulfonamides is 1. The molecular formula is C15H22N2O2S. The summed E-state index contributed by atoms with van der Waals surface area (Å²) < 4.78 is 26.7. The lowest BCUT2D eigenvalue weighted by atomic mass is 10.1. The summed E-state index contributed by atoms with van der Waals surface area (Å²) in [7, 11) is -3.57. The monoisotopic (exact) mass is 294 g/mol. The molecule has 0 aliphatic heterocycles. The summed E-state index contributed by atoms with van der Waals surface area (Å²) in [4.78, 5) is 0.298. The molecule has 0 amide bonds. The summed E-state index contributed by atoms with van der Waals surface area (Å²) in [5.74, 6) is 0. The van der Waals surface area contributed by atoms with Crippen LogP contribution < -0.4 is 5.73 Å². The fourth-order valence-corrected chi connectivity index (χ4v) is 3.71. The Morgan fingerprint density at radius 3 is 2.15 bits per heavy atom. The summed E-state index contributed by atoms with van der Waals surface area (Å²) in [6, 6.07) is 3.52. The average molecular weight is 294 g/mol. The number of nitrogens with zero attached hydrogens (tertiary/aromatic N) is 1. The van der Waals surface area contributed by atoms with Crippen LogP contribution in [0, 0.1) is 13.8 Å². The Morgan fingerprint density at radius 2 is 1.70 bits per heavy atom. The highest BCUT2D eigenvalue weighted by atomic mass is 32.2. The van der Waals surface area contributed by atoms with Gasteiger partial charge in [0.25, 0.3) is 0 Å². The van der Waals surface area contributed by atoms with E-state index in [-0.39, 0.29) is 13.1 Å². The van der Waals surface area contributed by atoms with E-state index in [2.05, 4.69) is 13.2 Å². The largest absolute Gasteiger partial charge is 0.326 e. The zero-order chi connectivity index (χ0) is 15.3.